The maximum absolute atomic E-state index is 12.9. The molecular formula is C25H56O5Si4. The minimum atomic E-state index is -3.20. The summed E-state index contributed by atoms with van der Waals surface area (Å²) < 4.78 is 27.7. The quantitative estimate of drug-likeness (QED) is 0.152. The van der Waals surface area contributed by atoms with E-state index in [1.54, 1.807) is 6.92 Å². The summed E-state index contributed by atoms with van der Waals surface area (Å²) in [5, 5.41) is 0. The van der Waals surface area contributed by atoms with Crippen LogP contribution >= 0.6 is 0 Å². The number of hydrogen-bond acceptors (Lipinski definition) is 5. The Morgan fingerprint density at radius 1 is 0.706 bits per heavy atom. The number of rotatable bonds is 15. The van der Waals surface area contributed by atoms with E-state index in [2.05, 4.69) is 102 Å². The predicted molar refractivity (Wildman–Crippen MR) is 155 cm³/mol. The van der Waals surface area contributed by atoms with E-state index in [0.29, 0.717) is 46.1 Å². The lowest BCUT2D eigenvalue weighted by Gasteiger charge is -2.50. The fourth-order valence-corrected chi connectivity index (χ4v) is 27.7. The highest BCUT2D eigenvalue weighted by atomic mass is 28.5. The Morgan fingerprint density at radius 3 is 1.35 bits per heavy atom. The zero-order valence-electron chi connectivity index (χ0n) is 25.0. The van der Waals surface area contributed by atoms with Crippen molar-refractivity contribution >= 4 is 40.0 Å². The fourth-order valence-electron chi connectivity index (χ4n) is 5.40. The molecule has 0 aliphatic rings. The maximum atomic E-state index is 12.9. The largest absolute Gasteiger partial charge is 0.491 e. The number of carbonyl (C=O) groups is 1. The average Bonchev–Trinajstić information content (AvgIpc) is 2.55. The van der Waals surface area contributed by atoms with Gasteiger partial charge in [-0.15, -0.1) is 0 Å². The third-order valence-electron chi connectivity index (χ3n) is 6.00. The summed E-state index contributed by atoms with van der Waals surface area (Å²) in [5.41, 5.74) is 1.60. The zero-order chi connectivity index (χ0) is 27.3. The molecule has 0 amide bonds. The second-order valence-electron chi connectivity index (χ2n) is 12.9. The van der Waals surface area contributed by atoms with Gasteiger partial charge in [0, 0.05) is 24.2 Å². The van der Waals surface area contributed by atoms with E-state index < -0.39 is 34.0 Å². The molecule has 202 valence electrons. The smallest absolute Gasteiger partial charge is 0.468 e. The summed E-state index contributed by atoms with van der Waals surface area (Å²) in [6, 6.07) is 1.43. The van der Waals surface area contributed by atoms with Crippen LogP contribution in [0.25, 0.3) is 0 Å². The monoisotopic (exact) mass is 548 g/mol. The summed E-state index contributed by atoms with van der Waals surface area (Å²) in [6.45, 7) is 36.5. The van der Waals surface area contributed by atoms with E-state index in [0.717, 1.165) is 0 Å². The van der Waals surface area contributed by atoms with Gasteiger partial charge in [-0.25, -0.2) is 4.79 Å². The van der Waals surface area contributed by atoms with Crippen molar-refractivity contribution in [2.75, 3.05) is 0 Å². The lowest BCUT2D eigenvalue weighted by Crippen LogP contribution is -2.65. The second-order valence-corrected chi connectivity index (χ2v) is 29.3. The Bertz CT molecular complexity index is 639. The van der Waals surface area contributed by atoms with Crippen molar-refractivity contribution in [3.8, 4) is 0 Å². The summed E-state index contributed by atoms with van der Waals surface area (Å²) in [6.07, 6.45) is 0. The first-order chi connectivity index (χ1) is 15.1. The van der Waals surface area contributed by atoms with Crippen LogP contribution < -0.4 is 0 Å². The molecule has 0 aromatic carbocycles. The van der Waals surface area contributed by atoms with E-state index in [1.807, 2.05) is 0 Å². The maximum Gasteiger partial charge on any atom is 0.468 e. The fraction of sp³-hybridized carbons (Fsp3) is 0.880. The second kappa shape index (κ2) is 13.0. The first-order valence-corrected chi connectivity index (χ1v) is 23.1. The summed E-state index contributed by atoms with van der Waals surface area (Å²) in [5.74, 6) is 0.268. The van der Waals surface area contributed by atoms with Gasteiger partial charge >= 0.3 is 23.3 Å². The van der Waals surface area contributed by atoms with E-state index in [4.69, 9.17) is 16.8 Å². The zero-order valence-corrected chi connectivity index (χ0v) is 29.0. The molecule has 0 aromatic heterocycles. The molecule has 0 saturated carbocycles. The van der Waals surface area contributed by atoms with Crippen molar-refractivity contribution in [3.63, 3.8) is 0 Å². The normalized spacial score (nSPS) is 15.5. The van der Waals surface area contributed by atoms with Gasteiger partial charge in [-0.2, -0.15) is 0 Å². The number of hydrogen-bond donors (Lipinski definition) is 0. The Balaban J connectivity index is 6.88. The van der Waals surface area contributed by atoms with Crippen molar-refractivity contribution in [1.29, 1.82) is 0 Å². The van der Waals surface area contributed by atoms with Gasteiger partial charge in [0.05, 0.1) is 0 Å². The van der Waals surface area contributed by atoms with E-state index in [9.17, 15) is 4.79 Å². The van der Waals surface area contributed by atoms with Crippen molar-refractivity contribution in [3.05, 3.63) is 12.2 Å². The topological polar surface area (TPSA) is 54.0 Å². The van der Waals surface area contributed by atoms with Gasteiger partial charge in [0.25, 0.3) is 0 Å². The van der Waals surface area contributed by atoms with Crippen molar-refractivity contribution in [1.82, 2.24) is 0 Å². The summed E-state index contributed by atoms with van der Waals surface area (Å²) in [7, 11) is -10.6. The Labute approximate surface area is 216 Å². The van der Waals surface area contributed by atoms with Gasteiger partial charge in [0.15, 0.2) is 16.6 Å². The molecule has 0 spiro atoms. The third-order valence-corrected chi connectivity index (χ3v) is 24.6. The highest BCUT2D eigenvalue weighted by molar-refractivity contribution is 6.91. The Morgan fingerprint density at radius 2 is 1.09 bits per heavy atom. The highest BCUT2D eigenvalue weighted by Gasteiger charge is 2.58. The predicted octanol–water partition coefficient (Wildman–Crippen LogP) is 8.49. The van der Waals surface area contributed by atoms with Crippen LogP contribution in [0.3, 0.4) is 0 Å². The van der Waals surface area contributed by atoms with Crippen LogP contribution in [0.2, 0.25) is 54.9 Å². The molecule has 34 heavy (non-hydrogen) atoms. The van der Waals surface area contributed by atoms with Gasteiger partial charge in [0.1, 0.15) is 0 Å². The van der Waals surface area contributed by atoms with Crippen molar-refractivity contribution in [2.45, 2.75) is 131 Å². The van der Waals surface area contributed by atoms with E-state index in [-0.39, 0.29) is 5.97 Å². The van der Waals surface area contributed by atoms with Crippen LogP contribution in [0.4, 0.5) is 0 Å². The van der Waals surface area contributed by atoms with Crippen molar-refractivity contribution < 1.29 is 21.6 Å². The van der Waals surface area contributed by atoms with Crippen molar-refractivity contribution in [2.24, 2.45) is 11.8 Å². The van der Waals surface area contributed by atoms with Gasteiger partial charge in [-0.05, 0) is 55.0 Å². The van der Waals surface area contributed by atoms with Crippen LogP contribution in [0.5, 0.6) is 0 Å². The lowest BCUT2D eigenvalue weighted by atomic mass is 10.3. The van der Waals surface area contributed by atoms with Crippen LogP contribution in [0.15, 0.2) is 12.2 Å². The standard InChI is InChI=1S/C25H56O5Si4/c1-19(2)17-33(18-20(3)4,27-25(26)21(5)6)29-32(16,28-31(13,14)15)30-34(22(7)8,23(9)10)24(11)12/h19-20,22-24H,5,17-18H2,1-4,6-16H3. The van der Waals surface area contributed by atoms with E-state index >= 15 is 0 Å². The molecule has 1 unspecified atom stereocenters. The number of carbonyl (C=O) groups excluding carboxylic acids is 1. The Kier molecular flexibility index (Phi) is 12.9. The molecule has 0 fully saturated rings. The Hall–Kier alpha value is -0.0425. The average molecular weight is 549 g/mol. The minimum Gasteiger partial charge on any atom is -0.491 e. The summed E-state index contributed by atoms with van der Waals surface area (Å²) >= 11 is 0. The molecule has 0 aliphatic carbocycles. The molecule has 0 bridgehead atoms. The molecule has 0 saturated heterocycles. The van der Waals surface area contributed by atoms with Crippen LogP contribution in [-0.4, -0.2) is 40.0 Å². The minimum absolute atomic E-state index is 0.316. The molecule has 1 atom stereocenters. The first-order valence-electron chi connectivity index (χ1n) is 13.1. The van der Waals surface area contributed by atoms with Crippen LogP contribution in [0.1, 0.15) is 76.2 Å². The molecule has 0 aromatic rings. The SMILES string of the molecule is C=C(C)C(=O)O[Si](CC(C)C)(CC(C)C)O[Si](C)(O[Si](C)(C)C)O[Si](C(C)C)(C(C)C)C(C)C. The molecular weight excluding hydrogens is 493 g/mol. The molecule has 5 nitrogen and oxygen atoms in total. The molecule has 0 rings (SSSR count). The highest BCUT2D eigenvalue weighted by Crippen LogP contribution is 2.45. The lowest BCUT2D eigenvalue weighted by molar-refractivity contribution is -0.132. The van der Waals surface area contributed by atoms with Gasteiger partial charge in [-0.3, -0.25) is 0 Å². The van der Waals surface area contributed by atoms with Crippen LogP contribution in [-0.2, 0) is 21.6 Å². The van der Waals surface area contributed by atoms with E-state index in [1.165, 1.54) is 0 Å². The molecule has 0 aliphatic heterocycles. The van der Waals surface area contributed by atoms with Crippen LogP contribution in [0, 0.1) is 11.8 Å². The molecule has 0 radical (unpaired) electrons. The van der Waals surface area contributed by atoms with Gasteiger partial charge in [0.2, 0.25) is 0 Å². The molecule has 0 N–H and O–H groups in total. The molecule has 9 heteroatoms. The summed E-state index contributed by atoms with van der Waals surface area (Å²) in [4.78, 5) is 12.9. The third kappa shape index (κ3) is 10.1. The van der Waals surface area contributed by atoms with Gasteiger partial charge in [-0.1, -0.05) is 75.8 Å². The van der Waals surface area contributed by atoms with Gasteiger partial charge < -0.3 is 16.8 Å². The molecule has 0 heterocycles. The first kappa shape index (κ1) is 34.0.